The zero-order valence-electron chi connectivity index (χ0n) is 5.58. The quantitative estimate of drug-likeness (QED) is 0.434. The van der Waals surface area contributed by atoms with Crippen LogP contribution < -0.4 is 0 Å². The van der Waals surface area contributed by atoms with E-state index in [0.717, 1.165) is 0 Å². The first-order valence-corrected chi connectivity index (χ1v) is 3.57. The van der Waals surface area contributed by atoms with Crippen LogP contribution in [-0.2, 0) is 9.47 Å². The van der Waals surface area contributed by atoms with E-state index >= 15 is 0 Å². The summed E-state index contributed by atoms with van der Waals surface area (Å²) in [6, 6.07) is 0. The fraction of sp³-hybridized carbons (Fsp3) is 0.833. The Hall–Kier alpha value is -0.280. The molecule has 0 saturated carbocycles. The van der Waals surface area contributed by atoms with Gasteiger partial charge in [-0.3, -0.25) is 0 Å². The molecule has 0 aromatic heterocycles. The van der Waals surface area contributed by atoms with E-state index < -0.39 is 0 Å². The van der Waals surface area contributed by atoms with Crippen LogP contribution in [0.2, 0.25) is 0 Å². The first-order valence-electron chi connectivity index (χ1n) is 3.16. The average Bonchev–Trinajstić information content (AvgIpc) is 2.03. The van der Waals surface area contributed by atoms with Gasteiger partial charge in [-0.25, -0.2) is 4.99 Å². The Morgan fingerprint density at radius 1 is 1.60 bits per heavy atom. The molecule has 1 saturated heterocycles. The van der Waals surface area contributed by atoms with Crippen molar-refractivity contribution >= 4 is 17.4 Å². The van der Waals surface area contributed by atoms with Crippen LogP contribution in [0, 0.1) is 0 Å². The molecule has 4 heteroatoms. The normalized spacial score (nSPS) is 25.4. The minimum absolute atomic E-state index is 0.0872. The smallest absolute Gasteiger partial charge is 0.101 e. The van der Waals surface area contributed by atoms with Gasteiger partial charge < -0.3 is 9.47 Å². The Morgan fingerprint density at radius 2 is 2.50 bits per heavy atom. The summed E-state index contributed by atoms with van der Waals surface area (Å²) in [5, 5.41) is 2.29. The molecule has 1 atom stereocenters. The third kappa shape index (κ3) is 2.54. The van der Waals surface area contributed by atoms with Crippen LogP contribution in [-0.4, -0.2) is 37.6 Å². The molecule has 1 heterocycles. The van der Waals surface area contributed by atoms with Gasteiger partial charge in [0.05, 0.1) is 31.5 Å². The standard InChI is InChI=1S/C6H9NO2S/c10-5-7-3-6-4-8-1-2-9-6/h6H,1-4H2/t6-/m1/s1. The van der Waals surface area contributed by atoms with Crippen LogP contribution in [0.1, 0.15) is 0 Å². The molecule has 1 aliphatic heterocycles. The summed E-state index contributed by atoms with van der Waals surface area (Å²) in [6.45, 7) is 2.55. The second kappa shape index (κ2) is 4.52. The second-order valence-electron chi connectivity index (χ2n) is 2.00. The molecule has 0 unspecified atom stereocenters. The van der Waals surface area contributed by atoms with E-state index in [1.54, 1.807) is 0 Å². The van der Waals surface area contributed by atoms with Crippen molar-refractivity contribution in [3.63, 3.8) is 0 Å². The van der Waals surface area contributed by atoms with Gasteiger partial charge in [0.15, 0.2) is 0 Å². The topological polar surface area (TPSA) is 30.8 Å². The van der Waals surface area contributed by atoms with Gasteiger partial charge in [0.1, 0.15) is 6.10 Å². The van der Waals surface area contributed by atoms with Gasteiger partial charge in [0.2, 0.25) is 0 Å². The number of nitrogens with zero attached hydrogens (tertiary/aromatic N) is 1. The highest BCUT2D eigenvalue weighted by molar-refractivity contribution is 7.78. The predicted molar refractivity (Wildman–Crippen MR) is 40.5 cm³/mol. The minimum Gasteiger partial charge on any atom is -0.376 e. The van der Waals surface area contributed by atoms with Gasteiger partial charge in [-0.05, 0) is 12.2 Å². The minimum atomic E-state index is 0.0872. The van der Waals surface area contributed by atoms with Crippen molar-refractivity contribution in [2.24, 2.45) is 4.99 Å². The Morgan fingerprint density at radius 3 is 3.10 bits per heavy atom. The maximum atomic E-state index is 5.27. The molecule has 0 aromatic rings. The Kier molecular flexibility index (Phi) is 3.54. The van der Waals surface area contributed by atoms with E-state index in [0.29, 0.717) is 26.4 Å². The molecule has 1 aliphatic rings. The first-order chi connectivity index (χ1) is 4.93. The third-order valence-electron chi connectivity index (χ3n) is 1.24. The van der Waals surface area contributed by atoms with E-state index in [-0.39, 0.29) is 6.10 Å². The van der Waals surface area contributed by atoms with Crippen molar-refractivity contribution in [2.75, 3.05) is 26.4 Å². The van der Waals surface area contributed by atoms with Crippen molar-refractivity contribution in [2.45, 2.75) is 6.10 Å². The van der Waals surface area contributed by atoms with Gasteiger partial charge in [-0.15, -0.1) is 0 Å². The zero-order chi connectivity index (χ0) is 7.23. The number of hydrogen-bond donors (Lipinski definition) is 0. The van der Waals surface area contributed by atoms with E-state index in [2.05, 4.69) is 22.4 Å². The number of ether oxygens (including phenoxy) is 2. The highest BCUT2D eigenvalue weighted by Gasteiger charge is 2.12. The molecule has 1 rings (SSSR count). The molecule has 0 amide bonds. The lowest BCUT2D eigenvalue weighted by Crippen LogP contribution is -2.30. The Balaban J connectivity index is 2.19. The first kappa shape index (κ1) is 7.82. The third-order valence-corrected chi connectivity index (χ3v) is 1.37. The number of aliphatic imine (C=N–C) groups is 1. The van der Waals surface area contributed by atoms with Gasteiger partial charge in [-0.1, -0.05) is 0 Å². The zero-order valence-corrected chi connectivity index (χ0v) is 6.39. The molecule has 0 aromatic carbocycles. The number of isothiocyanates is 1. The molecule has 1 fully saturated rings. The van der Waals surface area contributed by atoms with Crippen LogP contribution in [0.4, 0.5) is 0 Å². The Labute approximate surface area is 65.0 Å². The summed E-state index contributed by atoms with van der Waals surface area (Å²) in [5.74, 6) is 0. The molecule has 0 aliphatic carbocycles. The average molecular weight is 159 g/mol. The highest BCUT2D eigenvalue weighted by Crippen LogP contribution is 1.99. The van der Waals surface area contributed by atoms with Crippen molar-refractivity contribution in [1.29, 1.82) is 0 Å². The van der Waals surface area contributed by atoms with Gasteiger partial charge >= 0.3 is 0 Å². The number of thiocarbonyl (C=S) groups is 1. The predicted octanol–water partition coefficient (Wildman–Crippen LogP) is 0.505. The van der Waals surface area contributed by atoms with Crippen molar-refractivity contribution < 1.29 is 9.47 Å². The lowest BCUT2D eigenvalue weighted by atomic mass is 10.3. The van der Waals surface area contributed by atoms with Crippen LogP contribution >= 0.6 is 12.2 Å². The monoisotopic (exact) mass is 159 g/mol. The SMILES string of the molecule is S=C=NC[C@@H]1COCCO1. The second-order valence-corrected chi connectivity index (χ2v) is 2.18. The lowest BCUT2D eigenvalue weighted by Gasteiger charge is -2.20. The lowest BCUT2D eigenvalue weighted by molar-refractivity contribution is -0.0831. The largest absolute Gasteiger partial charge is 0.376 e. The van der Waals surface area contributed by atoms with Crippen LogP contribution in [0.25, 0.3) is 0 Å². The van der Waals surface area contributed by atoms with E-state index in [4.69, 9.17) is 9.47 Å². The molecule has 0 spiro atoms. The molecule has 10 heavy (non-hydrogen) atoms. The Bertz CT molecular complexity index is 139. The van der Waals surface area contributed by atoms with Crippen LogP contribution in [0.5, 0.6) is 0 Å². The van der Waals surface area contributed by atoms with Crippen molar-refractivity contribution in [3.8, 4) is 0 Å². The van der Waals surface area contributed by atoms with Gasteiger partial charge in [0, 0.05) is 0 Å². The van der Waals surface area contributed by atoms with Crippen LogP contribution in [0.3, 0.4) is 0 Å². The molecule has 3 nitrogen and oxygen atoms in total. The highest BCUT2D eigenvalue weighted by atomic mass is 32.1. The summed E-state index contributed by atoms with van der Waals surface area (Å²) < 4.78 is 10.4. The van der Waals surface area contributed by atoms with Gasteiger partial charge in [0.25, 0.3) is 0 Å². The molecule has 0 bridgehead atoms. The number of rotatable bonds is 2. The molecule has 56 valence electrons. The molecular formula is C6H9NO2S. The molecule has 0 N–H and O–H groups in total. The molecular weight excluding hydrogens is 150 g/mol. The van der Waals surface area contributed by atoms with E-state index in [1.165, 1.54) is 0 Å². The maximum Gasteiger partial charge on any atom is 0.101 e. The van der Waals surface area contributed by atoms with Crippen molar-refractivity contribution in [1.82, 2.24) is 0 Å². The summed E-state index contributed by atoms with van der Waals surface area (Å²) in [4.78, 5) is 3.76. The summed E-state index contributed by atoms with van der Waals surface area (Å²) in [7, 11) is 0. The summed E-state index contributed by atoms with van der Waals surface area (Å²) in [6.07, 6.45) is 0.0872. The maximum absolute atomic E-state index is 5.27. The fourth-order valence-corrected chi connectivity index (χ4v) is 0.856. The van der Waals surface area contributed by atoms with Crippen LogP contribution in [0.15, 0.2) is 4.99 Å². The number of hydrogen-bond acceptors (Lipinski definition) is 4. The fourth-order valence-electron chi connectivity index (χ4n) is 0.781. The summed E-state index contributed by atoms with van der Waals surface area (Å²) in [5.41, 5.74) is 0. The summed E-state index contributed by atoms with van der Waals surface area (Å²) >= 11 is 4.41. The van der Waals surface area contributed by atoms with Gasteiger partial charge in [-0.2, -0.15) is 0 Å². The molecule has 0 radical (unpaired) electrons. The van der Waals surface area contributed by atoms with E-state index in [1.807, 2.05) is 0 Å². The van der Waals surface area contributed by atoms with Crippen molar-refractivity contribution in [3.05, 3.63) is 0 Å². The van der Waals surface area contributed by atoms with E-state index in [9.17, 15) is 0 Å².